The summed E-state index contributed by atoms with van der Waals surface area (Å²) in [5.74, 6) is 2.63. The molecule has 7 nitrogen and oxygen atoms in total. The molecule has 132 valence electrons. The first-order chi connectivity index (χ1) is 12.7. The molecule has 0 N–H and O–H groups in total. The smallest absolute Gasteiger partial charge is 0.262 e. The van der Waals surface area contributed by atoms with Crippen molar-refractivity contribution in [3.05, 3.63) is 46.3 Å². The number of para-hydroxylation sites is 1. The lowest BCUT2D eigenvalue weighted by molar-refractivity contribution is 0.642. The second-order valence-corrected chi connectivity index (χ2v) is 7.19. The highest BCUT2D eigenvalue weighted by molar-refractivity contribution is 7.98. The zero-order valence-electron chi connectivity index (χ0n) is 14.4. The number of hydrogen-bond acceptors (Lipinski definition) is 6. The molecule has 1 aliphatic carbocycles. The van der Waals surface area contributed by atoms with E-state index in [-0.39, 0.29) is 12.1 Å². The first-order valence-electron chi connectivity index (χ1n) is 8.64. The van der Waals surface area contributed by atoms with Crippen LogP contribution >= 0.6 is 11.8 Å². The van der Waals surface area contributed by atoms with Gasteiger partial charge in [-0.05, 0) is 31.9 Å². The lowest BCUT2D eigenvalue weighted by atomic mass is 10.2. The topological polar surface area (TPSA) is 89.4 Å². The summed E-state index contributed by atoms with van der Waals surface area (Å²) in [7, 11) is 0. The van der Waals surface area contributed by atoms with Crippen molar-refractivity contribution in [1.82, 2.24) is 24.3 Å². The Balaban J connectivity index is 1.68. The fourth-order valence-corrected chi connectivity index (χ4v) is 3.99. The first kappa shape index (κ1) is 16.8. The summed E-state index contributed by atoms with van der Waals surface area (Å²) in [5, 5.41) is 19.1. The van der Waals surface area contributed by atoms with Gasteiger partial charge < -0.3 is 4.57 Å². The van der Waals surface area contributed by atoms with E-state index in [1.165, 1.54) is 29.2 Å². The van der Waals surface area contributed by atoms with Crippen molar-refractivity contribution < 1.29 is 0 Å². The fraction of sp³-hybridized carbons (Fsp3) is 0.389. The minimum absolute atomic E-state index is 0.0135. The molecule has 4 rings (SSSR count). The van der Waals surface area contributed by atoms with Crippen LogP contribution in [0.5, 0.6) is 0 Å². The summed E-state index contributed by atoms with van der Waals surface area (Å²) in [6, 6.07) is 9.28. The Labute approximate surface area is 154 Å². The zero-order valence-corrected chi connectivity index (χ0v) is 15.2. The van der Waals surface area contributed by atoms with Gasteiger partial charge in [0.05, 0.1) is 22.7 Å². The van der Waals surface area contributed by atoms with Crippen LogP contribution in [0, 0.1) is 11.3 Å². The monoisotopic (exact) mass is 366 g/mol. The summed E-state index contributed by atoms with van der Waals surface area (Å²) >= 11 is 1.51. The van der Waals surface area contributed by atoms with Gasteiger partial charge in [0.2, 0.25) is 0 Å². The Bertz CT molecular complexity index is 1060. The van der Waals surface area contributed by atoms with Gasteiger partial charge in [0, 0.05) is 12.5 Å². The molecule has 1 fully saturated rings. The van der Waals surface area contributed by atoms with Crippen LogP contribution in [0.1, 0.15) is 37.3 Å². The highest BCUT2D eigenvalue weighted by Gasteiger charge is 2.30. The minimum Gasteiger partial charge on any atom is -0.306 e. The summed E-state index contributed by atoms with van der Waals surface area (Å²) < 4.78 is 3.58. The van der Waals surface area contributed by atoms with E-state index >= 15 is 0 Å². The van der Waals surface area contributed by atoms with Crippen molar-refractivity contribution in [2.75, 3.05) is 0 Å². The average Bonchev–Trinajstić information content (AvgIpc) is 3.42. The molecule has 0 aliphatic heterocycles. The molecule has 1 aromatic carbocycles. The standard InChI is InChI=1S/C18H18N6OS/c1-2-23-16(12-7-8-12)21-22-18(23)26-11-15-20-14-6-4-3-5-13(14)17(25)24(15)10-9-19/h3-6,12H,2,7-8,10-11H2,1H3. The maximum absolute atomic E-state index is 12.7. The molecule has 3 aromatic rings. The summed E-state index contributed by atoms with van der Waals surface area (Å²) in [6.07, 6.45) is 2.35. The van der Waals surface area contributed by atoms with E-state index in [1.54, 1.807) is 12.1 Å². The van der Waals surface area contributed by atoms with E-state index in [4.69, 9.17) is 5.26 Å². The third kappa shape index (κ3) is 2.99. The van der Waals surface area contributed by atoms with Gasteiger partial charge in [-0.15, -0.1) is 10.2 Å². The number of fused-ring (bicyclic) bond motifs is 1. The van der Waals surface area contributed by atoms with Crippen LogP contribution in [0.25, 0.3) is 10.9 Å². The van der Waals surface area contributed by atoms with Crippen molar-refractivity contribution in [2.45, 2.75) is 49.7 Å². The van der Waals surface area contributed by atoms with E-state index in [0.29, 0.717) is 28.4 Å². The highest BCUT2D eigenvalue weighted by atomic mass is 32.2. The molecule has 0 bridgehead atoms. The number of hydrogen-bond donors (Lipinski definition) is 0. The van der Waals surface area contributed by atoms with Crippen molar-refractivity contribution in [2.24, 2.45) is 0 Å². The molecule has 2 heterocycles. The molecule has 0 spiro atoms. The van der Waals surface area contributed by atoms with Crippen LogP contribution in [0.3, 0.4) is 0 Å². The molecule has 2 aromatic heterocycles. The molecule has 0 amide bonds. The number of nitriles is 1. The van der Waals surface area contributed by atoms with Crippen LogP contribution in [0.4, 0.5) is 0 Å². The predicted molar refractivity (Wildman–Crippen MR) is 98.8 cm³/mol. The Morgan fingerprint density at radius 2 is 2.08 bits per heavy atom. The number of aromatic nitrogens is 5. The Kier molecular flexibility index (Phi) is 4.47. The zero-order chi connectivity index (χ0) is 18.1. The maximum atomic E-state index is 12.7. The van der Waals surface area contributed by atoms with Crippen LogP contribution < -0.4 is 5.56 Å². The van der Waals surface area contributed by atoms with E-state index in [2.05, 4.69) is 32.7 Å². The molecular formula is C18H18N6OS. The predicted octanol–water partition coefficient (Wildman–Crippen LogP) is 2.70. The van der Waals surface area contributed by atoms with Gasteiger partial charge >= 0.3 is 0 Å². The normalized spacial score (nSPS) is 13.8. The molecular weight excluding hydrogens is 348 g/mol. The summed E-state index contributed by atoms with van der Waals surface area (Å²) in [6.45, 7) is 2.89. The summed E-state index contributed by atoms with van der Waals surface area (Å²) in [4.78, 5) is 17.3. The number of nitrogens with zero attached hydrogens (tertiary/aromatic N) is 6. The third-order valence-corrected chi connectivity index (χ3v) is 5.47. The van der Waals surface area contributed by atoms with Crippen LogP contribution in [0.2, 0.25) is 0 Å². The highest BCUT2D eigenvalue weighted by Crippen LogP contribution is 2.40. The van der Waals surface area contributed by atoms with Crippen LogP contribution in [-0.4, -0.2) is 24.3 Å². The SMILES string of the molecule is CCn1c(SCc2nc3ccccc3c(=O)n2CC#N)nnc1C1CC1. The second-order valence-electron chi connectivity index (χ2n) is 6.24. The van der Waals surface area contributed by atoms with Gasteiger partial charge in [0.1, 0.15) is 18.2 Å². The van der Waals surface area contributed by atoms with Gasteiger partial charge in [-0.25, -0.2) is 4.98 Å². The van der Waals surface area contributed by atoms with Crippen molar-refractivity contribution in [1.29, 1.82) is 5.26 Å². The molecule has 0 radical (unpaired) electrons. The lowest BCUT2D eigenvalue weighted by Gasteiger charge is -2.11. The minimum atomic E-state index is -0.177. The fourth-order valence-electron chi connectivity index (χ4n) is 3.03. The van der Waals surface area contributed by atoms with E-state index in [9.17, 15) is 4.79 Å². The Hall–Kier alpha value is -2.66. The quantitative estimate of drug-likeness (QED) is 0.623. The molecule has 0 saturated heterocycles. The number of rotatable bonds is 6. The number of benzene rings is 1. The van der Waals surface area contributed by atoms with E-state index < -0.39 is 0 Å². The number of thioether (sulfide) groups is 1. The van der Waals surface area contributed by atoms with Gasteiger partial charge in [0.15, 0.2) is 5.16 Å². The first-order valence-corrected chi connectivity index (χ1v) is 9.62. The summed E-state index contributed by atoms with van der Waals surface area (Å²) in [5.41, 5.74) is 0.473. The lowest BCUT2D eigenvalue weighted by Crippen LogP contribution is -2.24. The van der Waals surface area contributed by atoms with Crippen molar-refractivity contribution in [3.63, 3.8) is 0 Å². The maximum Gasteiger partial charge on any atom is 0.262 e. The Morgan fingerprint density at radius 1 is 1.27 bits per heavy atom. The van der Waals surface area contributed by atoms with E-state index in [0.717, 1.165) is 17.5 Å². The molecule has 0 unspecified atom stereocenters. The molecule has 8 heteroatoms. The molecule has 0 atom stereocenters. The van der Waals surface area contributed by atoms with Gasteiger partial charge in [0.25, 0.3) is 5.56 Å². The van der Waals surface area contributed by atoms with Gasteiger partial charge in [-0.1, -0.05) is 23.9 Å². The van der Waals surface area contributed by atoms with Crippen molar-refractivity contribution in [3.8, 4) is 6.07 Å². The molecule has 1 aliphatic rings. The molecule has 26 heavy (non-hydrogen) atoms. The third-order valence-electron chi connectivity index (χ3n) is 4.50. The van der Waals surface area contributed by atoms with E-state index in [1.807, 2.05) is 12.1 Å². The average molecular weight is 366 g/mol. The largest absolute Gasteiger partial charge is 0.306 e. The van der Waals surface area contributed by atoms with Crippen molar-refractivity contribution >= 4 is 22.7 Å². The van der Waals surface area contributed by atoms with Gasteiger partial charge in [-0.3, -0.25) is 9.36 Å². The van der Waals surface area contributed by atoms with Crippen LogP contribution in [0.15, 0.2) is 34.2 Å². The molecule has 1 saturated carbocycles. The van der Waals surface area contributed by atoms with Crippen LogP contribution in [-0.2, 0) is 18.8 Å². The Morgan fingerprint density at radius 3 is 2.81 bits per heavy atom. The second kappa shape index (κ2) is 6.92. The van der Waals surface area contributed by atoms with Gasteiger partial charge in [-0.2, -0.15) is 5.26 Å².